The van der Waals surface area contributed by atoms with E-state index < -0.39 is 29.8 Å². The average Bonchev–Trinajstić information content (AvgIpc) is 2.90. The molecule has 232 valence electrons. The largest absolute Gasteiger partial charge is 0.513 e. The van der Waals surface area contributed by atoms with Crippen LogP contribution in [0.3, 0.4) is 0 Å². The van der Waals surface area contributed by atoms with Gasteiger partial charge in [0.15, 0.2) is 11.5 Å². The fourth-order valence-electron chi connectivity index (χ4n) is 3.38. The lowest BCUT2D eigenvalue weighted by Crippen LogP contribution is -2.51. The minimum atomic E-state index is -1.57. The van der Waals surface area contributed by atoms with Crippen LogP contribution in [0.15, 0.2) is 18.2 Å². The molecule has 0 aliphatic heterocycles. The van der Waals surface area contributed by atoms with E-state index in [1.807, 2.05) is 48.5 Å². The topological polar surface area (TPSA) is 150 Å². The molecule has 1 rings (SSSR count). The second kappa shape index (κ2) is 16.8. The molecule has 1 aromatic rings. The minimum absolute atomic E-state index is 0.0249. The Balaban J connectivity index is 3.15. The fourth-order valence-corrected chi connectivity index (χ4v) is 3.38. The minimum Gasteiger partial charge on any atom is -0.468 e. The van der Waals surface area contributed by atoms with Gasteiger partial charge in [0, 0.05) is 12.8 Å². The first-order chi connectivity index (χ1) is 19.1. The van der Waals surface area contributed by atoms with Crippen molar-refractivity contribution in [3.8, 4) is 11.5 Å². The van der Waals surface area contributed by atoms with Gasteiger partial charge in [0.05, 0.1) is 33.4 Å². The molecule has 0 aliphatic carbocycles. The maximum absolute atomic E-state index is 12.7. The Morgan fingerprint density at radius 1 is 0.854 bits per heavy atom. The number of rotatable bonds is 15. The van der Waals surface area contributed by atoms with Crippen molar-refractivity contribution >= 4 is 24.2 Å². The molecule has 1 aromatic carbocycles. The van der Waals surface area contributed by atoms with Gasteiger partial charge >= 0.3 is 24.2 Å². The monoisotopic (exact) mass is 581 g/mol. The normalized spacial score (nSPS) is 14.2. The van der Waals surface area contributed by atoms with E-state index in [4.69, 9.17) is 34.2 Å². The van der Waals surface area contributed by atoms with Crippen molar-refractivity contribution in [2.24, 2.45) is 23.0 Å². The molecule has 0 aromatic heterocycles. The number of carbonyl (C=O) groups is 4. The van der Waals surface area contributed by atoms with Gasteiger partial charge in [0.2, 0.25) is 0 Å². The summed E-state index contributed by atoms with van der Waals surface area (Å²) in [6, 6.07) is 4.38. The summed E-state index contributed by atoms with van der Waals surface area (Å²) in [4.78, 5) is 49.5. The molecule has 2 unspecified atom stereocenters. The quantitative estimate of drug-likeness (QED) is 0.157. The van der Waals surface area contributed by atoms with E-state index in [1.54, 1.807) is 6.07 Å². The van der Waals surface area contributed by atoms with Crippen LogP contribution in [0.5, 0.6) is 11.5 Å². The molecule has 0 bridgehead atoms. The average molecular weight is 582 g/mol. The van der Waals surface area contributed by atoms with Crippen LogP contribution < -0.4 is 15.2 Å². The van der Waals surface area contributed by atoms with Crippen LogP contribution in [0.4, 0.5) is 9.59 Å². The van der Waals surface area contributed by atoms with Crippen LogP contribution >= 0.6 is 0 Å². The van der Waals surface area contributed by atoms with Gasteiger partial charge in [0.25, 0.3) is 0 Å². The van der Waals surface area contributed by atoms with E-state index in [9.17, 15) is 19.2 Å². The zero-order chi connectivity index (χ0) is 31.2. The number of carbonyl (C=O) groups excluding carboxylic acids is 4. The van der Waals surface area contributed by atoms with Crippen LogP contribution in [-0.2, 0) is 35.0 Å². The third kappa shape index (κ3) is 13.7. The molecule has 0 aliphatic rings. The Bertz CT molecular complexity index is 1020. The van der Waals surface area contributed by atoms with Crippen LogP contribution in [-0.4, -0.2) is 56.7 Å². The Kier molecular flexibility index (Phi) is 14.6. The highest BCUT2D eigenvalue weighted by Crippen LogP contribution is 2.31. The Morgan fingerprint density at radius 2 is 1.39 bits per heavy atom. The van der Waals surface area contributed by atoms with Crippen molar-refractivity contribution in [1.82, 2.24) is 0 Å². The lowest BCUT2D eigenvalue weighted by molar-refractivity contribution is -0.152. The first-order valence-corrected chi connectivity index (χ1v) is 14.0. The van der Waals surface area contributed by atoms with Crippen molar-refractivity contribution in [2.75, 3.05) is 26.9 Å². The van der Waals surface area contributed by atoms with E-state index in [-0.39, 0.29) is 67.8 Å². The van der Waals surface area contributed by atoms with Gasteiger partial charge in [-0.3, -0.25) is 9.59 Å². The van der Waals surface area contributed by atoms with Crippen LogP contribution in [0.25, 0.3) is 0 Å². The van der Waals surface area contributed by atoms with Crippen LogP contribution in [0.2, 0.25) is 0 Å². The molecule has 2 N–H and O–H groups in total. The van der Waals surface area contributed by atoms with Crippen molar-refractivity contribution < 1.29 is 47.6 Å². The number of hydrogen-bond acceptors (Lipinski definition) is 11. The molecule has 3 atom stereocenters. The van der Waals surface area contributed by atoms with E-state index in [0.29, 0.717) is 5.56 Å². The SMILES string of the molecule is CCC(C)COC(=O)Oc1ccc(C[C@](N)(CCOC(=O)CC(C)(C)C)C(=O)OC)cc1OC(=O)OCC(C)CC. The smallest absolute Gasteiger partial charge is 0.468 e. The van der Waals surface area contributed by atoms with E-state index in [0.717, 1.165) is 12.8 Å². The molecule has 0 heterocycles. The van der Waals surface area contributed by atoms with Gasteiger partial charge in [-0.25, -0.2) is 9.59 Å². The zero-order valence-corrected chi connectivity index (χ0v) is 25.7. The predicted molar refractivity (Wildman–Crippen MR) is 152 cm³/mol. The maximum Gasteiger partial charge on any atom is 0.513 e. The van der Waals surface area contributed by atoms with Gasteiger partial charge in [-0.1, -0.05) is 67.4 Å². The van der Waals surface area contributed by atoms with Crippen molar-refractivity contribution in [1.29, 1.82) is 0 Å². The number of ether oxygens (including phenoxy) is 6. The summed E-state index contributed by atoms with van der Waals surface area (Å²) in [7, 11) is 1.21. The summed E-state index contributed by atoms with van der Waals surface area (Å²) in [5, 5.41) is 0. The molecular weight excluding hydrogens is 534 g/mol. The summed E-state index contributed by atoms with van der Waals surface area (Å²) in [5.74, 6) is -1.07. The second-order valence-electron chi connectivity index (χ2n) is 11.7. The third-order valence-corrected chi connectivity index (χ3v) is 6.36. The Morgan fingerprint density at radius 3 is 1.88 bits per heavy atom. The molecule has 0 spiro atoms. The van der Waals surface area contributed by atoms with E-state index in [2.05, 4.69) is 0 Å². The summed E-state index contributed by atoms with van der Waals surface area (Å²) >= 11 is 0. The molecule has 0 fully saturated rings. The van der Waals surface area contributed by atoms with Crippen LogP contribution in [0, 0.1) is 17.3 Å². The van der Waals surface area contributed by atoms with Crippen molar-refractivity contribution in [3.05, 3.63) is 23.8 Å². The summed E-state index contributed by atoms with van der Waals surface area (Å²) < 4.78 is 31.2. The molecule has 0 saturated carbocycles. The van der Waals surface area contributed by atoms with Gasteiger partial charge in [-0.2, -0.15) is 0 Å². The van der Waals surface area contributed by atoms with E-state index >= 15 is 0 Å². The Labute approximate surface area is 243 Å². The lowest BCUT2D eigenvalue weighted by atomic mass is 9.88. The number of nitrogens with two attached hydrogens (primary N) is 1. The fraction of sp³-hybridized carbons (Fsp3) is 0.667. The highest BCUT2D eigenvalue weighted by molar-refractivity contribution is 5.81. The summed E-state index contributed by atoms with van der Waals surface area (Å²) in [5.41, 5.74) is 5.08. The molecular formula is C30H47NO10. The lowest BCUT2D eigenvalue weighted by Gasteiger charge is -2.27. The predicted octanol–water partition coefficient (Wildman–Crippen LogP) is 5.59. The molecule has 0 saturated heterocycles. The first kappa shape index (κ1) is 35.7. The summed E-state index contributed by atoms with van der Waals surface area (Å²) in [6.07, 6.45) is -0.214. The van der Waals surface area contributed by atoms with Crippen molar-refractivity contribution in [3.63, 3.8) is 0 Å². The molecule has 11 nitrogen and oxygen atoms in total. The zero-order valence-electron chi connectivity index (χ0n) is 25.7. The maximum atomic E-state index is 12.7. The third-order valence-electron chi connectivity index (χ3n) is 6.36. The van der Waals surface area contributed by atoms with Gasteiger partial charge < -0.3 is 34.2 Å². The molecule has 0 amide bonds. The number of esters is 2. The van der Waals surface area contributed by atoms with Crippen LogP contribution in [0.1, 0.15) is 79.7 Å². The summed E-state index contributed by atoms with van der Waals surface area (Å²) in [6.45, 7) is 13.7. The molecule has 0 radical (unpaired) electrons. The van der Waals surface area contributed by atoms with Gasteiger partial charge in [-0.15, -0.1) is 0 Å². The number of benzene rings is 1. The highest BCUT2D eigenvalue weighted by atomic mass is 16.7. The highest BCUT2D eigenvalue weighted by Gasteiger charge is 2.36. The molecule has 11 heteroatoms. The van der Waals surface area contributed by atoms with Gasteiger partial charge in [-0.05, 0) is 34.9 Å². The molecule has 41 heavy (non-hydrogen) atoms. The Hall–Kier alpha value is -3.34. The van der Waals surface area contributed by atoms with E-state index in [1.165, 1.54) is 19.2 Å². The second-order valence-corrected chi connectivity index (χ2v) is 11.7. The van der Waals surface area contributed by atoms with Crippen molar-refractivity contribution in [2.45, 2.75) is 86.1 Å². The van der Waals surface area contributed by atoms with Gasteiger partial charge in [0.1, 0.15) is 5.54 Å². The standard InChI is InChI=1S/C30H47NO10/c1-9-20(3)18-38-27(34)40-23-12-11-22(15-24(23)41-28(35)39-19-21(4)10-2)16-30(31,26(33)36-8)13-14-37-25(32)17-29(5,6)7/h11-12,15,20-21H,9-10,13-14,16-19,31H2,1-8H3/t20?,21?,30-/m1/s1. The number of hydrogen-bond donors (Lipinski definition) is 1. The number of methoxy groups -OCH3 is 1. The first-order valence-electron chi connectivity index (χ1n) is 14.0.